The molecule has 0 N–H and O–H groups in total. The molecule has 0 heterocycles. The Hall–Kier alpha value is -2.89. The molecule has 0 radical (unpaired) electrons. The maximum atomic E-state index is 12.3. The van der Waals surface area contributed by atoms with E-state index in [0.717, 1.165) is 5.56 Å². The average molecular weight is 348 g/mol. The van der Waals surface area contributed by atoms with Crippen molar-refractivity contribution in [3.63, 3.8) is 0 Å². The number of alkyl halides is 2. The summed E-state index contributed by atoms with van der Waals surface area (Å²) >= 11 is 0. The third kappa shape index (κ3) is 5.31. The number of ether oxygens (including phenoxy) is 3. The first-order valence-corrected chi connectivity index (χ1v) is 7.61. The quantitative estimate of drug-likeness (QED) is 0.517. The highest BCUT2D eigenvalue weighted by Crippen LogP contribution is 2.29. The van der Waals surface area contributed by atoms with Gasteiger partial charge in [-0.15, -0.1) is 0 Å². The van der Waals surface area contributed by atoms with E-state index < -0.39 is 6.61 Å². The maximum absolute atomic E-state index is 12.3. The molecule has 4 nitrogen and oxygen atoms in total. The van der Waals surface area contributed by atoms with E-state index in [1.807, 2.05) is 31.2 Å². The Labute approximate surface area is 144 Å². The Bertz CT molecular complexity index is 757. The maximum Gasteiger partial charge on any atom is 0.387 e. The molecule has 0 atom stereocenters. The van der Waals surface area contributed by atoms with Crippen molar-refractivity contribution in [3.8, 4) is 17.2 Å². The van der Waals surface area contributed by atoms with Crippen LogP contribution < -0.4 is 14.2 Å². The lowest BCUT2D eigenvalue weighted by atomic mass is 10.1. The summed E-state index contributed by atoms with van der Waals surface area (Å²) in [4.78, 5) is 12.3. The highest BCUT2D eigenvalue weighted by Gasteiger charge is 2.13. The normalized spacial score (nSPS) is 10.9. The zero-order valence-corrected chi connectivity index (χ0v) is 13.9. The van der Waals surface area contributed by atoms with Crippen molar-refractivity contribution in [1.82, 2.24) is 0 Å². The van der Waals surface area contributed by atoms with Crippen molar-refractivity contribution in [2.45, 2.75) is 13.5 Å². The lowest BCUT2D eigenvalue weighted by Crippen LogP contribution is -2.04. The van der Waals surface area contributed by atoms with Gasteiger partial charge in [0.25, 0.3) is 0 Å². The first kappa shape index (κ1) is 18.4. The molecule has 0 bridgehead atoms. The number of methoxy groups -OCH3 is 1. The largest absolute Gasteiger partial charge is 0.494 e. The van der Waals surface area contributed by atoms with E-state index in [0.29, 0.717) is 17.9 Å². The minimum absolute atomic E-state index is 0.0675. The molecule has 25 heavy (non-hydrogen) atoms. The summed E-state index contributed by atoms with van der Waals surface area (Å²) in [7, 11) is 1.32. The smallest absolute Gasteiger partial charge is 0.387 e. The first-order chi connectivity index (χ1) is 12.0. The minimum atomic E-state index is -2.96. The molecule has 0 spiro atoms. The molecule has 0 aliphatic carbocycles. The van der Waals surface area contributed by atoms with Gasteiger partial charge in [0.05, 0.1) is 13.7 Å². The van der Waals surface area contributed by atoms with Crippen molar-refractivity contribution in [2.75, 3.05) is 13.7 Å². The zero-order valence-electron chi connectivity index (χ0n) is 13.9. The number of halogens is 2. The molecule has 0 amide bonds. The van der Waals surface area contributed by atoms with E-state index in [9.17, 15) is 13.6 Å². The molecule has 0 aromatic heterocycles. The zero-order chi connectivity index (χ0) is 18.2. The number of carbonyl (C=O) groups is 1. The van der Waals surface area contributed by atoms with Gasteiger partial charge in [0, 0.05) is 5.56 Å². The Morgan fingerprint density at radius 2 is 1.96 bits per heavy atom. The second-order valence-corrected chi connectivity index (χ2v) is 4.95. The van der Waals surface area contributed by atoms with Crippen molar-refractivity contribution in [3.05, 3.63) is 59.7 Å². The summed E-state index contributed by atoms with van der Waals surface area (Å²) < 4.78 is 39.4. The fourth-order valence-electron chi connectivity index (χ4n) is 2.16. The molecule has 0 aliphatic heterocycles. The van der Waals surface area contributed by atoms with Crippen molar-refractivity contribution in [2.24, 2.45) is 0 Å². The molecule has 2 aromatic carbocycles. The van der Waals surface area contributed by atoms with Gasteiger partial charge in [0.2, 0.25) is 0 Å². The number of allylic oxidation sites excluding steroid dienone is 1. The SMILES string of the molecule is CCOc1cccc(/C=C/C(=O)c2ccc(OC(F)F)c(OC)c2)c1. The molecular formula is C19H18F2O4. The highest BCUT2D eigenvalue weighted by atomic mass is 19.3. The standard InChI is InChI=1S/C19H18F2O4/c1-3-24-15-6-4-5-13(11-15)7-9-16(22)14-8-10-17(25-19(20)21)18(12-14)23-2/h4-12,19H,3H2,1-2H3/b9-7+. The van der Waals surface area contributed by atoms with Crippen molar-refractivity contribution < 1.29 is 27.8 Å². The summed E-state index contributed by atoms with van der Waals surface area (Å²) in [6.45, 7) is -0.521. The molecule has 0 aliphatic rings. The van der Waals surface area contributed by atoms with E-state index >= 15 is 0 Å². The predicted molar refractivity (Wildman–Crippen MR) is 90.6 cm³/mol. The predicted octanol–water partition coefficient (Wildman–Crippen LogP) is 4.59. The third-order valence-corrected chi connectivity index (χ3v) is 3.26. The van der Waals surface area contributed by atoms with Crippen LogP contribution in [0, 0.1) is 0 Å². The van der Waals surface area contributed by atoms with Gasteiger partial charge in [-0.05, 0) is 48.9 Å². The van der Waals surface area contributed by atoms with E-state index in [4.69, 9.17) is 9.47 Å². The van der Waals surface area contributed by atoms with Crippen LogP contribution in [0.3, 0.4) is 0 Å². The Morgan fingerprint density at radius 1 is 1.16 bits per heavy atom. The summed E-state index contributed by atoms with van der Waals surface area (Å²) in [5.74, 6) is 0.372. The van der Waals surface area contributed by atoms with Crippen LogP contribution in [0.1, 0.15) is 22.8 Å². The van der Waals surface area contributed by atoms with Gasteiger partial charge in [0.1, 0.15) is 5.75 Å². The van der Waals surface area contributed by atoms with Gasteiger partial charge in [-0.25, -0.2) is 0 Å². The van der Waals surface area contributed by atoms with Crippen LogP contribution in [-0.2, 0) is 0 Å². The van der Waals surface area contributed by atoms with Gasteiger partial charge in [-0.2, -0.15) is 8.78 Å². The van der Waals surface area contributed by atoms with Gasteiger partial charge < -0.3 is 14.2 Å². The fraction of sp³-hybridized carbons (Fsp3) is 0.211. The molecule has 2 aromatic rings. The van der Waals surface area contributed by atoms with Crippen LogP contribution in [0.15, 0.2) is 48.5 Å². The molecule has 2 rings (SSSR count). The summed E-state index contributed by atoms with van der Waals surface area (Å²) in [6, 6.07) is 11.4. The Morgan fingerprint density at radius 3 is 2.64 bits per heavy atom. The van der Waals surface area contributed by atoms with Gasteiger partial charge in [-0.3, -0.25) is 4.79 Å². The number of carbonyl (C=O) groups excluding carboxylic acids is 1. The number of rotatable bonds is 8. The summed E-state index contributed by atoms with van der Waals surface area (Å²) in [6.07, 6.45) is 3.05. The lowest BCUT2D eigenvalue weighted by Gasteiger charge is -2.10. The fourth-order valence-corrected chi connectivity index (χ4v) is 2.16. The van der Waals surface area contributed by atoms with Crippen molar-refractivity contribution >= 4 is 11.9 Å². The van der Waals surface area contributed by atoms with E-state index in [2.05, 4.69) is 4.74 Å². The first-order valence-electron chi connectivity index (χ1n) is 7.61. The average Bonchev–Trinajstić information content (AvgIpc) is 2.60. The molecule has 0 unspecified atom stereocenters. The molecule has 0 saturated carbocycles. The van der Waals surface area contributed by atoms with Crippen LogP contribution in [0.4, 0.5) is 8.78 Å². The van der Waals surface area contributed by atoms with Gasteiger partial charge in [-0.1, -0.05) is 18.2 Å². The molecule has 0 fully saturated rings. The third-order valence-electron chi connectivity index (χ3n) is 3.26. The van der Waals surface area contributed by atoms with E-state index in [1.54, 1.807) is 6.08 Å². The Balaban J connectivity index is 2.16. The number of benzene rings is 2. The van der Waals surface area contributed by atoms with E-state index in [1.165, 1.54) is 31.4 Å². The van der Waals surface area contributed by atoms with E-state index in [-0.39, 0.29) is 17.3 Å². The lowest BCUT2D eigenvalue weighted by molar-refractivity contribution is -0.0512. The summed E-state index contributed by atoms with van der Waals surface area (Å²) in [5, 5.41) is 0. The van der Waals surface area contributed by atoms with Crippen molar-refractivity contribution in [1.29, 1.82) is 0 Å². The van der Waals surface area contributed by atoms with Crippen LogP contribution in [0.25, 0.3) is 6.08 Å². The summed E-state index contributed by atoms with van der Waals surface area (Å²) in [5.41, 5.74) is 1.11. The number of ketones is 1. The van der Waals surface area contributed by atoms with Crippen LogP contribution in [0.2, 0.25) is 0 Å². The van der Waals surface area contributed by atoms with Crippen LogP contribution in [0.5, 0.6) is 17.2 Å². The minimum Gasteiger partial charge on any atom is -0.494 e. The van der Waals surface area contributed by atoms with Crippen LogP contribution in [-0.4, -0.2) is 26.1 Å². The number of hydrogen-bond donors (Lipinski definition) is 0. The molecule has 6 heteroatoms. The molecule has 132 valence electrons. The topological polar surface area (TPSA) is 44.8 Å². The molecule has 0 saturated heterocycles. The monoisotopic (exact) mass is 348 g/mol. The highest BCUT2D eigenvalue weighted by molar-refractivity contribution is 6.07. The Kier molecular flexibility index (Phi) is 6.51. The van der Waals surface area contributed by atoms with Crippen LogP contribution >= 0.6 is 0 Å². The van der Waals surface area contributed by atoms with Gasteiger partial charge in [0.15, 0.2) is 17.3 Å². The number of hydrogen-bond acceptors (Lipinski definition) is 4. The molecular weight excluding hydrogens is 330 g/mol. The van der Waals surface area contributed by atoms with Gasteiger partial charge >= 0.3 is 6.61 Å². The second kappa shape index (κ2) is 8.82. The second-order valence-electron chi connectivity index (χ2n) is 4.95.